The van der Waals surface area contributed by atoms with Gasteiger partial charge >= 0.3 is 6.09 Å². The van der Waals surface area contributed by atoms with Crippen LogP contribution >= 0.6 is 23.1 Å². The number of carbonyl (C=O) groups excluding carboxylic acids is 1. The molecule has 3 N–H and O–H groups in total. The Balaban J connectivity index is 2.14. The van der Waals surface area contributed by atoms with Crippen molar-refractivity contribution in [3.8, 4) is 0 Å². The quantitative estimate of drug-likeness (QED) is 0.242. The summed E-state index contributed by atoms with van der Waals surface area (Å²) in [6.45, 7) is 10.5. The highest BCUT2D eigenvalue weighted by Crippen LogP contribution is 2.20. The van der Waals surface area contributed by atoms with Gasteiger partial charge in [-0.1, -0.05) is 11.8 Å². The van der Waals surface area contributed by atoms with Gasteiger partial charge in [-0.25, -0.2) is 9.78 Å². The Morgan fingerprint density at radius 3 is 2.69 bits per heavy atom. The first kappa shape index (κ1) is 22.6. The molecule has 1 heterocycles. The minimum atomic E-state index is -0.467. The fraction of sp³-hybridized carbons (Fsp3) is 0.706. The molecule has 26 heavy (non-hydrogen) atoms. The van der Waals surface area contributed by atoms with E-state index in [0.29, 0.717) is 6.54 Å². The van der Waals surface area contributed by atoms with E-state index in [4.69, 9.17) is 4.74 Å². The number of hydrogen-bond acceptors (Lipinski definition) is 6. The summed E-state index contributed by atoms with van der Waals surface area (Å²) in [4.78, 5) is 20.4. The number of aromatic nitrogens is 1. The second-order valence-electron chi connectivity index (χ2n) is 6.47. The van der Waals surface area contributed by atoms with Gasteiger partial charge in [0.25, 0.3) is 0 Å². The largest absolute Gasteiger partial charge is 0.444 e. The zero-order valence-corrected chi connectivity index (χ0v) is 17.8. The van der Waals surface area contributed by atoms with Gasteiger partial charge in [-0.15, -0.1) is 11.3 Å². The standard InChI is InChI=1S/C17H31N5O2S2/c1-5-18-14(20-10-7-12-25-16-22-11-13-26-16)19-8-6-9-21-15(23)24-17(2,3)4/h11,13H,5-10,12H2,1-4H3,(H,21,23)(H2,18,19,20). The fourth-order valence-electron chi connectivity index (χ4n) is 1.84. The van der Waals surface area contributed by atoms with Crippen LogP contribution in [0.4, 0.5) is 4.79 Å². The third-order valence-corrected chi connectivity index (χ3v) is 4.92. The minimum absolute atomic E-state index is 0.379. The average molecular weight is 402 g/mol. The van der Waals surface area contributed by atoms with Crippen molar-refractivity contribution in [1.82, 2.24) is 20.9 Å². The van der Waals surface area contributed by atoms with Crippen LogP contribution in [0.15, 0.2) is 20.9 Å². The van der Waals surface area contributed by atoms with Crippen LogP contribution in [0.5, 0.6) is 0 Å². The number of thioether (sulfide) groups is 1. The van der Waals surface area contributed by atoms with Crippen LogP contribution in [0.2, 0.25) is 0 Å². The number of hydrogen-bond donors (Lipinski definition) is 3. The Labute approximate surface area is 164 Å². The van der Waals surface area contributed by atoms with Crippen molar-refractivity contribution < 1.29 is 9.53 Å². The highest BCUT2D eigenvalue weighted by molar-refractivity contribution is 8.00. The van der Waals surface area contributed by atoms with Gasteiger partial charge in [0.05, 0.1) is 0 Å². The molecule has 0 fully saturated rings. The van der Waals surface area contributed by atoms with Gasteiger partial charge in [0.15, 0.2) is 5.96 Å². The van der Waals surface area contributed by atoms with E-state index >= 15 is 0 Å². The lowest BCUT2D eigenvalue weighted by Gasteiger charge is -2.19. The first-order valence-corrected chi connectivity index (χ1v) is 10.8. The molecule has 0 aromatic carbocycles. The summed E-state index contributed by atoms with van der Waals surface area (Å²) in [5, 5.41) is 11.2. The van der Waals surface area contributed by atoms with Gasteiger partial charge in [0.2, 0.25) is 0 Å². The maximum Gasteiger partial charge on any atom is 0.407 e. The number of amides is 1. The smallest absolute Gasteiger partial charge is 0.407 e. The maximum absolute atomic E-state index is 11.6. The molecule has 0 aliphatic rings. The third kappa shape index (κ3) is 12.0. The minimum Gasteiger partial charge on any atom is -0.444 e. The van der Waals surface area contributed by atoms with Gasteiger partial charge in [0, 0.05) is 43.5 Å². The third-order valence-electron chi connectivity index (χ3n) is 2.87. The zero-order chi connectivity index (χ0) is 19.3. The molecule has 0 atom stereocenters. The number of rotatable bonds is 10. The Morgan fingerprint density at radius 1 is 1.27 bits per heavy atom. The number of ether oxygens (including phenoxy) is 1. The van der Waals surface area contributed by atoms with Gasteiger partial charge in [0.1, 0.15) is 9.94 Å². The Hall–Kier alpha value is -1.48. The number of carbonyl (C=O) groups is 1. The summed E-state index contributed by atoms with van der Waals surface area (Å²) in [5.41, 5.74) is -0.467. The van der Waals surface area contributed by atoms with Crippen molar-refractivity contribution in [3.63, 3.8) is 0 Å². The maximum atomic E-state index is 11.6. The molecule has 0 spiro atoms. The number of nitrogens with one attached hydrogen (secondary N) is 3. The summed E-state index contributed by atoms with van der Waals surface area (Å²) in [6.07, 6.45) is 3.25. The monoisotopic (exact) mass is 401 g/mol. The van der Waals surface area contributed by atoms with Gasteiger partial charge in [-0.3, -0.25) is 4.99 Å². The second-order valence-corrected chi connectivity index (χ2v) is 8.71. The second kappa shape index (κ2) is 12.8. The fourth-order valence-corrected chi connectivity index (χ4v) is 3.47. The molecule has 0 aliphatic carbocycles. The lowest BCUT2D eigenvalue weighted by molar-refractivity contribution is 0.0527. The lowest BCUT2D eigenvalue weighted by atomic mass is 10.2. The molecule has 1 aromatic rings. The topological polar surface area (TPSA) is 87.6 Å². The Kier molecular flexibility index (Phi) is 11.1. The molecular formula is C17H31N5O2S2. The number of guanidine groups is 1. The van der Waals surface area contributed by atoms with Crippen LogP contribution in [0.25, 0.3) is 0 Å². The Morgan fingerprint density at radius 2 is 2.04 bits per heavy atom. The first-order chi connectivity index (χ1) is 12.4. The van der Waals surface area contributed by atoms with Crippen LogP contribution in [-0.4, -0.2) is 54.6 Å². The molecule has 0 aliphatic heterocycles. The predicted octanol–water partition coefficient (Wildman–Crippen LogP) is 3.10. The van der Waals surface area contributed by atoms with E-state index in [-0.39, 0.29) is 6.09 Å². The van der Waals surface area contributed by atoms with Crippen molar-refractivity contribution in [2.24, 2.45) is 4.99 Å². The molecule has 7 nitrogen and oxygen atoms in total. The molecule has 0 unspecified atom stereocenters. The predicted molar refractivity (Wildman–Crippen MR) is 110 cm³/mol. The van der Waals surface area contributed by atoms with Crippen molar-refractivity contribution in [1.29, 1.82) is 0 Å². The zero-order valence-electron chi connectivity index (χ0n) is 16.1. The summed E-state index contributed by atoms with van der Waals surface area (Å²) in [6, 6.07) is 0. The van der Waals surface area contributed by atoms with Crippen molar-refractivity contribution in [3.05, 3.63) is 11.6 Å². The molecule has 0 radical (unpaired) electrons. The summed E-state index contributed by atoms with van der Waals surface area (Å²) in [5.74, 6) is 1.82. The Bertz CT molecular complexity index is 530. The summed E-state index contributed by atoms with van der Waals surface area (Å²) >= 11 is 3.44. The first-order valence-electron chi connectivity index (χ1n) is 8.92. The van der Waals surface area contributed by atoms with Crippen LogP contribution in [-0.2, 0) is 4.74 Å². The van der Waals surface area contributed by atoms with Crippen LogP contribution in [0.1, 0.15) is 40.5 Å². The van der Waals surface area contributed by atoms with Gasteiger partial charge < -0.3 is 20.7 Å². The van der Waals surface area contributed by atoms with Crippen molar-refractivity contribution in [2.75, 3.05) is 31.9 Å². The number of aliphatic imine (C=N–C) groups is 1. The number of alkyl carbamates (subject to hydrolysis) is 1. The summed E-state index contributed by atoms with van der Waals surface area (Å²) < 4.78 is 6.30. The molecule has 0 bridgehead atoms. The van der Waals surface area contributed by atoms with E-state index in [1.807, 2.05) is 39.3 Å². The molecule has 0 saturated carbocycles. The van der Waals surface area contributed by atoms with Gasteiger partial charge in [-0.05, 0) is 40.5 Å². The molecule has 1 rings (SSSR count). The number of nitrogens with zero attached hydrogens (tertiary/aromatic N) is 2. The average Bonchev–Trinajstić information content (AvgIpc) is 3.05. The molecule has 1 amide bonds. The van der Waals surface area contributed by atoms with Crippen LogP contribution < -0.4 is 16.0 Å². The molecule has 9 heteroatoms. The van der Waals surface area contributed by atoms with Crippen molar-refractivity contribution in [2.45, 2.75) is 50.5 Å². The molecule has 148 valence electrons. The van der Waals surface area contributed by atoms with Crippen molar-refractivity contribution >= 4 is 35.2 Å². The van der Waals surface area contributed by atoms with Gasteiger partial charge in [-0.2, -0.15) is 0 Å². The molecule has 0 saturated heterocycles. The van der Waals surface area contributed by atoms with Crippen LogP contribution in [0, 0.1) is 0 Å². The molecular weight excluding hydrogens is 370 g/mol. The molecule has 1 aromatic heterocycles. The number of thiazole rings is 1. The van der Waals surface area contributed by atoms with Crippen LogP contribution in [0.3, 0.4) is 0 Å². The normalized spacial score (nSPS) is 11.9. The van der Waals surface area contributed by atoms with E-state index < -0.39 is 5.60 Å². The van der Waals surface area contributed by atoms with E-state index in [1.54, 1.807) is 23.1 Å². The highest BCUT2D eigenvalue weighted by atomic mass is 32.2. The lowest BCUT2D eigenvalue weighted by Crippen LogP contribution is -2.39. The highest BCUT2D eigenvalue weighted by Gasteiger charge is 2.15. The SMILES string of the molecule is CCNC(=NCCCSc1nccs1)NCCCNC(=O)OC(C)(C)C. The van der Waals surface area contributed by atoms with E-state index in [0.717, 1.165) is 48.5 Å². The van der Waals surface area contributed by atoms with E-state index in [2.05, 4.69) is 25.9 Å². The van der Waals surface area contributed by atoms with E-state index in [9.17, 15) is 4.79 Å². The summed E-state index contributed by atoms with van der Waals surface area (Å²) in [7, 11) is 0. The van der Waals surface area contributed by atoms with E-state index in [1.165, 1.54) is 0 Å².